The number of ketones is 1. The zero-order valence-electron chi connectivity index (χ0n) is 17.9. The van der Waals surface area contributed by atoms with E-state index in [4.69, 9.17) is 9.47 Å². The van der Waals surface area contributed by atoms with Gasteiger partial charge in [-0.1, -0.05) is 20.8 Å². The Kier molecular flexibility index (Phi) is 12.0. The van der Waals surface area contributed by atoms with Gasteiger partial charge in [-0.2, -0.15) is 0 Å². The number of carbonyl (C=O) groups excluding carboxylic acids is 3. The van der Waals surface area contributed by atoms with E-state index in [1.165, 1.54) is 0 Å². The Morgan fingerprint density at radius 3 is 2.29 bits per heavy atom. The number of amides is 2. The Morgan fingerprint density at radius 2 is 1.68 bits per heavy atom. The summed E-state index contributed by atoms with van der Waals surface area (Å²) >= 11 is 0. The summed E-state index contributed by atoms with van der Waals surface area (Å²) in [4.78, 5) is 35.6. The third-order valence-corrected chi connectivity index (χ3v) is 5.17. The highest BCUT2D eigenvalue weighted by Crippen LogP contribution is 2.27. The van der Waals surface area contributed by atoms with Crippen molar-refractivity contribution >= 4 is 17.6 Å². The second kappa shape index (κ2) is 13.7. The fraction of sp³-hybridized carbons (Fsp3) is 0.857. The van der Waals surface area contributed by atoms with Crippen LogP contribution in [0.3, 0.4) is 0 Å². The van der Waals surface area contributed by atoms with Crippen molar-refractivity contribution in [3.05, 3.63) is 0 Å². The first-order valence-corrected chi connectivity index (χ1v) is 10.6. The van der Waals surface area contributed by atoms with Gasteiger partial charge in [0, 0.05) is 30.8 Å². The first kappa shape index (κ1) is 24.6. The van der Waals surface area contributed by atoms with E-state index in [-0.39, 0.29) is 42.4 Å². The molecule has 1 fully saturated rings. The Hall–Kier alpha value is -1.47. The fourth-order valence-electron chi connectivity index (χ4n) is 3.25. The molecule has 1 aliphatic carbocycles. The van der Waals surface area contributed by atoms with Crippen molar-refractivity contribution in [2.75, 3.05) is 26.4 Å². The molecule has 0 bridgehead atoms. The minimum Gasteiger partial charge on any atom is -0.378 e. The van der Waals surface area contributed by atoms with Gasteiger partial charge in [0.05, 0.1) is 19.3 Å². The van der Waals surface area contributed by atoms with Gasteiger partial charge in [-0.15, -0.1) is 0 Å². The molecule has 0 aromatic carbocycles. The van der Waals surface area contributed by atoms with E-state index in [0.29, 0.717) is 32.0 Å². The monoisotopic (exact) mass is 398 g/mol. The average molecular weight is 399 g/mol. The van der Waals surface area contributed by atoms with Gasteiger partial charge in [0.2, 0.25) is 11.8 Å². The Morgan fingerprint density at radius 1 is 1.00 bits per heavy atom. The van der Waals surface area contributed by atoms with Crippen LogP contribution in [0, 0.1) is 11.8 Å². The van der Waals surface area contributed by atoms with Crippen molar-refractivity contribution in [3.8, 4) is 0 Å². The maximum Gasteiger partial charge on any atom is 0.246 e. The van der Waals surface area contributed by atoms with Crippen molar-refractivity contribution in [1.82, 2.24) is 10.6 Å². The van der Waals surface area contributed by atoms with Gasteiger partial charge in [-0.3, -0.25) is 14.4 Å². The molecule has 28 heavy (non-hydrogen) atoms. The third-order valence-electron chi connectivity index (χ3n) is 5.17. The van der Waals surface area contributed by atoms with Crippen LogP contribution in [0.1, 0.15) is 66.2 Å². The molecular weight excluding hydrogens is 360 g/mol. The molecule has 1 aliphatic rings. The van der Waals surface area contributed by atoms with Gasteiger partial charge >= 0.3 is 0 Å². The molecule has 0 aromatic heterocycles. The van der Waals surface area contributed by atoms with Crippen molar-refractivity contribution < 1.29 is 23.9 Å². The molecule has 1 unspecified atom stereocenters. The largest absolute Gasteiger partial charge is 0.378 e. The zero-order chi connectivity index (χ0) is 20.9. The minimum absolute atomic E-state index is 0.0160. The molecule has 0 heterocycles. The quantitative estimate of drug-likeness (QED) is 0.464. The summed E-state index contributed by atoms with van der Waals surface area (Å²) in [6.45, 7) is 8.96. The first-order valence-electron chi connectivity index (χ1n) is 10.6. The number of rotatable bonds is 13. The number of hydrogen-bond donors (Lipinski definition) is 2. The van der Waals surface area contributed by atoms with Gasteiger partial charge in [-0.25, -0.2) is 0 Å². The van der Waals surface area contributed by atoms with Crippen LogP contribution in [0.15, 0.2) is 0 Å². The van der Waals surface area contributed by atoms with Gasteiger partial charge in [0.25, 0.3) is 0 Å². The smallest absolute Gasteiger partial charge is 0.246 e. The summed E-state index contributed by atoms with van der Waals surface area (Å²) in [5.74, 6) is 0.332. The maximum absolute atomic E-state index is 12.0. The van der Waals surface area contributed by atoms with E-state index >= 15 is 0 Å². The molecule has 7 heteroatoms. The SMILES string of the molecule is CCC(C)OCCC(=O)NCCOCC(=O)NC1CCC(C(=O)C(C)C)CC1. The number of Topliss-reactive ketones (excluding diaryl/α,β-unsaturated/α-hetero) is 1. The number of hydrogen-bond acceptors (Lipinski definition) is 5. The zero-order valence-corrected chi connectivity index (χ0v) is 17.9. The second-order valence-electron chi connectivity index (χ2n) is 7.92. The summed E-state index contributed by atoms with van der Waals surface area (Å²) in [7, 11) is 0. The highest BCUT2D eigenvalue weighted by molar-refractivity contribution is 5.83. The van der Waals surface area contributed by atoms with E-state index in [1.807, 2.05) is 27.7 Å². The minimum atomic E-state index is -0.146. The van der Waals surface area contributed by atoms with E-state index in [2.05, 4.69) is 10.6 Å². The van der Waals surface area contributed by atoms with Crippen molar-refractivity contribution in [1.29, 1.82) is 0 Å². The summed E-state index contributed by atoms with van der Waals surface area (Å²) < 4.78 is 10.8. The van der Waals surface area contributed by atoms with Gasteiger partial charge in [0.15, 0.2) is 0 Å². The lowest BCUT2D eigenvalue weighted by Crippen LogP contribution is -2.41. The van der Waals surface area contributed by atoms with E-state index in [1.54, 1.807) is 0 Å². The first-order chi connectivity index (χ1) is 13.3. The molecule has 2 N–H and O–H groups in total. The molecule has 2 amide bonds. The lowest BCUT2D eigenvalue weighted by atomic mass is 9.80. The summed E-state index contributed by atoms with van der Waals surface area (Å²) in [5.41, 5.74) is 0. The van der Waals surface area contributed by atoms with Crippen LogP contribution < -0.4 is 10.6 Å². The Bertz CT molecular complexity index is 487. The maximum atomic E-state index is 12.0. The van der Waals surface area contributed by atoms with Crippen LogP contribution >= 0.6 is 0 Å². The molecule has 0 aliphatic heterocycles. The molecule has 0 saturated heterocycles. The summed E-state index contributed by atoms with van der Waals surface area (Å²) in [6.07, 6.45) is 4.78. The van der Waals surface area contributed by atoms with Crippen LogP contribution in [0.2, 0.25) is 0 Å². The normalized spacial score (nSPS) is 20.6. The van der Waals surface area contributed by atoms with E-state index in [9.17, 15) is 14.4 Å². The topological polar surface area (TPSA) is 93.7 Å². The highest BCUT2D eigenvalue weighted by Gasteiger charge is 2.28. The van der Waals surface area contributed by atoms with Crippen LogP contribution in [-0.2, 0) is 23.9 Å². The molecule has 0 aromatic rings. The lowest BCUT2D eigenvalue weighted by Gasteiger charge is -2.29. The number of nitrogens with one attached hydrogen (secondary N) is 2. The molecule has 162 valence electrons. The summed E-state index contributed by atoms with van der Waals surface area (Å²) in [6, 6.07) is 0.123. The average Bonchev–Trinajstić information content (AvgIpc) is 2.67. The van der Waals surface area contributed by atoms with Crippen LogP contribution in [0.4, 0.5) is 0 Å². The van der Waals surface area contributed by atoms with Crippen LogP contribution in [0.25, 0.3) is 0 Å². The van der Waals surface area contributed by atoms with Gasteiger partial charge < -0.3 is 20.1 Å². The number of carbonyl (C=O) groups is 3. The van der Waals surface area contributed by atoms with Crippen LogP contribution in [0.5, 0.6) is 0 Å². The molecule has 7 nitrogen and oxygen atoms in total. The molecule has 0 radical (unpaired) electrons. The molecule has 0 spiro atoms. The molecular formula is C21H38N2O5. The predicted octanol–water partition coefficient (Wildman–Crippen LogP) is 2.22. The predicted molar refractivity (Wildman–Crippen MR) is 108 cm³/mol. The lowest BCUT2D eigenvalue weighted by molar-refractivity contribution is -0.127. The molecule has 1 saturated carbocycles. The van der Waals surface area contributed by atoms with Crippen molar-refractivity contribution in [2.45, 2.75) is 78.4 Å². The van der Waals surface area contributed by atoms with E-state index in [0.717, 1.165) is 32.1 Å². The third kappa shape index (κ3) is 10.2. The molecule has 1 rings (SSSR count). The Labute approximate surface area is 169 Å². The number of ether oxygens (including phenoxy) is 2. The van der Waals surface area contributed by atoms with E-state index < -0.39 is 0 Å². The Balaban J connectivity index is 2.04. The van der Waals surface area contributed by atoms with Crippen molar-refractivity contribution in [3.63, 3.8) is 0 Å². The second-order valence-corrected chi connectivity index (χ2v) is 7.92. The van der Waals surface area contributed by atoms with Gasteiger partial charge in [0.1, 0.15) is 12.4 Å². The molecule has 1 atom stereocenters. The van der Waals surface area contributed by atoms with Crippen LogP contribution in [-0.4, -0.2) is 56.1 Å². The standard InChI is InChI=1S/C21H38N2O5/c1-5-16(4)28-12-10-19(24)22-11-13-27-14-20(25)23-18-8-6-17(7-9-18)21(26)15(2)3/h15-18H,5-14H2,1-4H3,(H,22,24)(H,23,25). The van der Waals surface area contributed by atoms with Gasteiger partial charge in [-0.05, 0) is 39.0 Å². The fourth-order valence-corrected chi connectivity index (χ4v) is 3.25. The highest BCUT2D eigenvalue weighted by atomic mass is 16.5. The van der Waals surface area contributed by atoms with Crippen molar-refractivity contribution in [2.24, 2.45) is 11.8 Å². The summed E-state index contributed by atoms with van der Waals surface area (Å²) in [5, 5.41) is 5.72.